The first-order valence-electron chi connectivity index (χ1n) is 8.05. The summed E-state index contributed by atoms with van der Waals surface area (Å²) >= 11 is 0. The van der Waals surface area contributed by atoms with Gasteiger partial charge in [-0.15, -0.1) is 0 Å². The van der Waals surface area contributed by atoms with Crippen molar-refractivity contribution in [1.82, 2.24) is 14.8 Å². The molecule has 0 spiro atoms. The minimum atomic E-state index is 0.127. The van der Waals surface area contributed by atoms with Gasteiger partial charge in [-0.05, 0) is 30.5 Å². The molecular formula is C17H27N3O3. The van der Waals surface area contributed by atoms with E-state index in [0.717, 1.165) is 19.4 Å². The van der Waals surface area contributed by atoms with E-state index in [2.05, 4.69) is 9.88 Å². The van der Waals surface area contributed by atoms with Gasteiger partial charge in [-0.2, -0.15) is 0 Å². The van der Waals surface area contributed by atoms with E-state index in [-0.39, 0.29) is 18.1 Å². The van der Waals surface area contributed by atoms with Crippen molar-refractivity contribution in [2.45, 2.75) is 25.0 Å². The number of amides is 1. The van der Waals surface area contributed by atoms with Gasteiger partial charge < -0.3 is 14.4 Å². The third-order valence-corrected chi connectivity index (χ3v) is 4.25. The van der Waals surface area contributed by atoms with Crippen molar-refractivity contribution >= 4 is 5.91 Å². The van der Waals surface area contributed by atoms with E-state index >= 15 is 0 Å². The van der Waals surface area contributed by atoms with Gasteiger partial charge in [0.2, 0.25) is 5.91 Å². The molecule has 1 aliphatic heterocycles. The Hall–Kier alpha value is -1.50. The molecule has 2 rings (SSSR count). The molecule has 1 aliphatic rings. The highest BCUT2D eigenvalue weighted by molar-refractivity contribution is 5.77. The number of likely N-dealkylation sites (tertiary alicyclic amines) is 1. The van der Waals surface area contributed by atoms with Crippen LogP contribution in [0.1, 0.15) is 12.0 Å². The molecule has 0 saturated carbocycles. The highest BCUT2D eigenvalue weighted by Gasteiger charge is 2.35. The summed E-state index contributed by atoms with van der Waals surface area (Å²) < 4.78 is 11.1. The van der Waals surface area contributed by atoms with Gasteiger partial charge in [0.1, 0.15) is 0 Å². The lowest BCUT2D eigenvalue weighted by atomic mass is 10.0. The van der Waals surface area contributed by atoms with Crippen molar-refractivity contribution in [3.63, 3.8) is 0 Å². The van der Waals surface area contributed by atoms with E-state index in [1.807, 2.05) is 12.1 Å². The highest BCUT2D eigenvalue weighted by atomic mass is 16.5. The van der Waals surface area contributed by atoms with Crippen LogP contribution in [0.5, 0.6) is 0 Å². The Balaban J connectivity index is 2.03. The van der Waals surface area contributed by atoms with Crippen LogP contribution in [-0.2, 0) is 20.7 Å². The highest BCUT2D eigenvalue weighted by Crippen LogP contribution is 2.24. The number of carbonyl (C=O) groups excluding carboxylic acids is 1. The number of nitrogens with zero attached hydrogens (tertiary/aromatic N) is 3. The number of hydrogen-bond acceptors (Lipinski definition) is 5. The van der Waals surface area contributed by atoms with E-state index in [9.17, 15) is 4.79 Å². The van der Waals surface area contributed by atoms with Crippen molar-refractivity contribution < 1.29 is 14.3 Å². The zero-order valence-corrected chi connectivity index (χ0v) is 14.3. The minimum Gasteiger partial charge on any atom is -0.382 e. The fourth-order valence-corrected chi connectivity index (χ4v) is 2.90. The van der Waals surface area contributed by atoms with Crippen LogP contribution in [0.4, 0.5) is 0 Å². The van der Waals surface area contributed by atoms with Gasteiger partial charge in [0.05, 0.1) is 25.9 Å². The van der Waals surface area contributed by atoms with E-state index in [1.165, 1.54) is 5.56 Å². The molecule has 1 saturated heterocycles. The molecule has 0 radical (unpaired) electrons. The van der Waals surface area contributed by atoms with Gasteiger partial charge in [-0.25, -0.2) is 0 Å². The van der Waals surface area contributed by atoms with Crippen molar-refractivity contribution in [2.24, 2.45) is 0 Å². The summed E-state index contributed by atoms with van der Waals surface area (Å²) in [6.07, 6.45) is 5.55. The maximum atomic E-state index is 12.1. The van der Waals surface area contributed by atoms with Crippen LogP contribution in [0, 0.1) is 0 Å². The van der Waals surface area contributed by atoms with Crippen molar-refractivity contribution in [3.05, 3.63) is 30.1 Å². The lowest BCUT2D eigenvalue weighted by Gasteiger charge is -2.28. The molecule has 1 aromatic heterocycles. The second-order valence-corrected chi connectivity index (χ2v) is 6.08. The number of hydrogen-bond donors (Lipinski definition) is 0. The maximum absolute atomic E-state index is 12.1. The summed E-state index contributed by atoms with van der Waals surface area (Å²) in [4.78, 5) is 20.0. The van der Waals surface area contributed by atoms with Crippen LogP contribution in [0.2, 0.25) is 0 Å². The van der Waals surface area contributed by atoms with Crippen LogP contribution in [0.3, 0.4) is 0 Å². The summed E-state index contributed by atoms with van der Waals surface area (Å²) in [5.74, 6) is 0.127. The number of aromatic nitrogens is 1. The van der Waals surface area contributed by atoms with Gasteiger partial charge in [-0.1, -0.05) is 0 Å². The first-order valence-corrected chi connectivity index (χ1v) is 8.05. The Kier molecular flexibility index (Phi) is 6.95. The van der Waals surface area contributed by atoms with E-state index in [1.54, 1.807) is 38.5 Å². The molecule has 2 atom stereocenters. The van der Waals surface area contributed by atoms with Gasteiger partial charge in [0.25, 0.3) is 0 Å². The maximum Gasteiger partial charge on any atom is 0.236 e. The normalized spacial score (nSPS) is 21.5. The molecular weight excluding hydrogens is 294 g/mol. The first kappa shape index (κ1) is 17.8. The Bertz CT molecular complexity index is 481. The van der Waals surface area contributed by atoms with Gasteiger partial charge >= 0.3 is 0 Å². The molecule has 0 aromatic carbocycles. The Morgan fingerprint density at radius 1 is 1.35 bits per heavy atom. The molecule has 6 heteroatoms. The zero-order valence-electron chi connectivity index (χ0n) is 14.3. The van der Waals surface area contributed by atoms with Gasteiger partial charge in [0.15, 0.2) is 0 Å². The Morgan fingerprint density at radius 2 is 2.09 bits per heavy atom. The average Bonchev–Trinajstić information content (AvgIpc) is 2.91. The van der Waals surface area contributed by atoms with E-state index in [4.69, 9.17) is 9.47 Å². The third-order valence-electron chi connectivity index (χ3n) is 4.25. The summed E-state index contributed by atoms with van der Waals surface area (Å²) in [6.45, 7) is 2.50. The van der Waals surface area contributed by atoms with Crippen LogP contribution in [0.15, 0.2) is 24.5 Å². The largest absolute Gasteiger partial charge is 0.382 e. The number of rotatable bonds is 8. The molecule has 128 valence electrons. The standard InChI is InChI=1S/C17H27N3O3/c1-19(2)17(21)13-20-9-6-16(23-11-10-22-3)15(20)12-14-4-7-18-8-5-14/h4-5,7-8,15-16H,6,9-13H2,1-3H3/t15-,16+/m0/s1. The summed E-state index contributed by atoms with van der Waals surface area (Å²) in [6, 6.07) is 4.26. The minimum absolute atomic E-state index is 0.127. The molecule has 2 heterocycles. The van der Waals surface area contributed by atoms with Gasteiger partial charge in [0, 0.05) is 46.2 Å². The molecule has 6 nitrogen and oxygen atoms in total. The predicted molar refractivity (Wildman–Crippen MR) is 88.2 cm³/mol. The molecule has 0 unspecified atom stereocenters. The van der Waals surface area contributed by atoms with Crippen LogP contribution < -0.4 is 0 Å². The monoisotopic (exact) mass is 321 g/mol. The summed E-state index contributed by atoms with van der Waals surface area (Å²) in [5.41, 5.74) is 1.22. The third kappa shape index (κ3) is 5.27. The number of carbonyl (C=O) groups is 1. The second kappa shape index (κ2) is 8.96. The molecule has 0 N–H and O–H groups in total. The summed E-state index contributed by atoms with van der Waals surface area (Å²) in [5, 5.41) is 0. The lowest BCUT2D eigenvalue weighted by Crippen LogP contribution is -2.43. The smallest absolute Gasteiger partial charge is 0.236 e. The SMILES string of the molecule is COCCO[C@@H]1CCN(CC(=O)N(C)C)[C@H]1Cc1ccncc1. The fraction of sp³-hybridized carbons (Fsp3) is 0.647. The Labute approximate surface area is 138 Å². The number of methoxy groups -OCH3 is 1. The quantitative estimate of drug-likeness (QED) is 0.664. The molecule has 23 heavy (non-hydrogen) atoms. The fourth-order valence-electron chi connectivity index (χ4n) is 2.90. The van der Waals surface area contributed by atoms with Crippen LogP contribution in [0.25, 0.3) is 0 Å². The molecule has 1 amide bonds. The molecule has 1 fully saturated rings. The first-order chi connectivity index (χ1) is 11.1. The lowest BCUT2D eigenvalue weighted by molar-refractivity contribution is -0.130. The van der Waals surface area contributed by atoms with Gasteiger partial charge in [-0.3, -0.25) is 14.7 Å². The van der Waals surface area contributed by atoms with E-state index < -0.39 is 0 Å². The molecule has 0 bridgehead atoms. The van der Waals surface area contributed by atoms with Crippen LogP contribution in [-0.4, -0.2) is 80.3 Å². The zero-order chi connectivity index (χ0) is 16.7. The topological polar surface area (TPSA) is 54.9 Å². The van der Waals surface area contributed by atoms with Crippen molar-refractivity contribution in [1.29, 1.82) is 0 Å². The molecule has 0 aliphatic carbocycles. The summed E-state index contributed by atoms with van der Waals surface area (Å²) in [7, 11) is 5.26. The number of likely N-dealkylation sites (N-methyl/N-ethyl adjacent to an activating group) is 1. The predicted octanol–water partition coefficient (Wildman–Crippen LogP) is 0.818. The second-order valence-electron chi connectivity index (χ2n) is 6.08. The molecule has 1 aromatic rings. The Morgan fingerprint density at radius 3 is 2.74 bits per heavy atom. The van der Waals surface area contributed by atoms with E-state index in [0.29, 0.717) is 19.8 Å². The number of pyridine rings is 1. The average molecular weight is 321 g/mol. The van der Waals surface area contributed by atoms with Crippen LogP contribution >= 0.6 is 0 Å². The van der Waals surface area contributed by atoms with Crippen molar-refractivity contribution in [2.75, 3.05) is 47.5 Å². The number of ether oxygens (including phenoxy) is 2. The van der Waals surface area contributed by atoms with Crippen molar-refractivity contribution in [3.8, 4) is 0 Å².